The molecule has 1 saturated heterocycles. The Morgan fingerprint density at radius 1 is 0.903 bits per heavy atom. The van der Waals surface area contributed by atoms with Gasteiger partial charge < -0.3 is 9.80 Å². The molecule has 6 nitrogen and oxygen atoms in total. The summed E-state index contributed by atoms with van der Waals surface area (Å²) >= 11 is 0. The van der Waals surface area contributed by atoms with E-state index in [0.29, 0.717) is 13.1 Å². The Morgan fingerprint density at radius 3 is 2.29 bits per heavy atom. The quantitative estimate of drug-likeness (QED) is 0.619. The molecule has 3 aromatic rings. The lowest BCUT2D eigenvalue weighted by molar-refractivity contribution is -0.131. The van der Waals surface area contributed by atoms with E-state index in [9.17, 15) is 9.59 Å². The maximum atomic E-state index is 12.7. The zero-order valence-corrected chi connectivity index (χ0v) is 17.9. The number of carbonyl (C=O) groups excluding carboxylic acids is 1. The molecule has 1 aliphatic rings. The average molecular weight is 417 g/mol. The van der Waals surface area contributed by atoms with Crippen LogP contribution in [0.2, 0.25) is 0 Å². The second-order valence-electron chi connectivity index (χ2n) is 7.78. The van der Waals surface area contributed by atoms with Gasteiger partial charge in [0, 0.05) is 49.9 Å². The minimum atomic E-state index is -0.185. The molecule has 1 amide bonds. The Kier molecular flexibility index (Phi) is 6.46. The Hall–Kier alpha value is -3.41. The van der Waals surface area contributed by atoms with Gasteiger partial charge >= 0.3 is 0 Å². The van der Waals surface area contributed by atoms with E-state index in [0.717, 1.165) is 30.8 Å². The molecule has 2 aromatic carbocycles. The van der Waals surface area contributed by atoms with E-state index >= 15 is 0 Å². The van der Waals surface area contributed by atoms with Gasteiger partial charge in [-0.05, 0) is 30.2 Å². The molecule has 0 unspecified atom stereocenters. The molecule has 0 radical (unpaired) electrons. The van der Waals surface area contributed by atoms with Crippen LogP contribution in [0.25, 0.3) is 11.3 Å². The number of rotatable bonds is 6. The Morgan fingerprint density at radius 2 is 1.61 bits per heavy atom. The summed E-state index contributed by atoms with van der Waals surface area (Å²) in [6.07, 6.45) is 1.26. The third-order valence-electron chi connectivity index (χ3n) is 5.82. The van der Waals surface area contributed by atoms with Gasteiger partial charge in [0.1, 0.15) is 0 Å². The number of carbonyl (C=O) groups is 1. The summed E-state index contributed by atoms with van der Waals surface area (Å²) in [4.78, 5) is 29.2. The van der Waals surface area contributed by atoms with Crippen molar-refractivity contribution < 1.29 is 4.79 Å². The molecule has 1 fully saturated rings. The molecule has 1 aliphatic heterocycles. The van der Waals surface area contributed by atoms with Crippen molar-refractivity contribution in [2.75, 3.05) is 31.1 Å². The van der Waals surface area contributed by atoms with Crippen molar-refractivity contribution in [3.8, 4) is 11.3 Å². The van der Waals surface area contributed by atoms with Gasteiger partial charge in [-0.25, -0.2) is 4.68 Å². The highest BCUT2D eigenvalue weighted by Gasteiger charge is 2.21. The fourth-order valence-electron chi connectivity index (χ4n) is 3.89. The Balaban J connectivity index is 1.35. The highest BCUT2D eigenvalue weighted by molar-refractivity contribution is 5.76. The lowest BCUT2D eigenvalue weighted by Crippen LogP contribution is -2.49. The van der Waals surface area contributed by atoms with Gasteiger partial charge in [-0.1, -0.05) is 49.4 Å². The molecule has 6 heteroatoms. The van der Waals surface area contributed by atoms with E-state index < -0.39 is 0 Å². The molecule has 4 rings (SSSR count). The van der Waals surface area contributed by atoms with Crippen molar-refractivity contribution in [1.82, 2.24) is 14.7 Å². The molecule has 160 valence electrons. The van der Waals surface area contributed by atoms with Crippen LogP contribution >= 0.6 is 0 Å². The normalized spacial score (nSPS) is 14.0. The van der Waals surface area contributed by atoms with Crippen molar-refractivity contribution >= 4 is 11.6 Å². The van der Waals surface area contributed by atoms with Crippen molar-refractivity contribution in [2.24, 2.45) is 0 Å². The third-order valence-corrected chi connectivity index (χ3v) is 5.82. The molecule has 0 saturated carbocycles. The number of amides is 1. The molecule has 31 heavy (non-hydrogen) atoms. The first-order chi connectivity index (χ1) is 15.1. The maximum Gasteiger partial charge on any atom is 0.266 e. The van der Waals surface area contributed by atoms with Gasteiger partial charge in [-0.15, -0.1) is 0 Å². The van der Waals surface area contributed by atoms with Crippen LogP contribution in [-0.4, -0.2) is 46.8 Å². The number of para-hydroxylation sites is 1. The number of anilines is 1. The molecule has 0 aliphatic carbocycles. The highest BCUT2D eigenvalue weighted by atomic mass is 16.2. The van der Waals surface area contributed by atoms with Crippen LogP contribution in [0.4, 0.5) is 5.69 Å². The van der Waals surface area contributed by atoms with Crippen LogP contribution in [0, 0.1) is 0 Å². The first kappa shape index (κ1) is 20.8. The van der Waals surface area contributed by atoms with Crippen molar-refractivity contribution in [1.29, 1.82) is 0 Å². The second-order valence-corrected chi connectivity index (χ2v) is 7.78. The van der Waals surface area contributed by atoms with E-state index in [-0.39, 0.29) is 24.4 Å². The smallest absolute Gasteiger partial charge is 0.266 e. The first-order valence-electron chi connectivity index (χ1n) is 10.9. The highest BCUT2D eigenvalue weighted by Crippen LogP contribution is 2.17. The predicted molar refractivity (Wildman–Crippen MR) is 123 cm³/mol. The molecule has 0 spiro atoms. The summed E-state index contributed by atoms with van der Waals surface area (Å²) in [6.45, 7) is 5.43. The number of piperazine rings is 1. The molecule has 0 bridgehead atoms. The molecular weight excluding hydrogens is 388 g/mol. The number of nitrogens with zero attached hydrogens (tertiary/aromatic N) is 4. The van der Waals surface area contributed by atoms with Crippen LogP contribution in [0.5, 0.6) is 0 Å². The fourth-order valence-corrected chi connectivity index (χ4v) is 3.89. The van der Waals surface area contributed by atoms with Crippen LogP contribution in [0.15, 0.2) is 71.5 Å². The molecular formula is C25H28N4O2. The predicted octanol–water partition coefficient (Wildman–Crippen LogP) is 3.21. The number of benzene rings is 2. The van der Waals surface area contributed by atoms with Crippen molar-refractivity contribution in [3.05, 3.63) is 82.6 Å². The fraction of sp³-hybridized carbons (Fsp3) is 0.320. The minimum Gasteiger partial charge on any atom is -0.368 e. The molecule has 0 N–H and O–H groups in total. The van der Waals surface area contributed by atoms with E-state index in [4.69, 9.17) is 0 Å². The third kappa shape index (κ3) is 5.02. The van der Waals surface area contributed by atoms with E-state index in [2.05, 4.69) is 41.2 Å². The summed E-state index contributed by atoms with van der Waals surface area (Å²) in [5.41, 5.74) is 3.97. The molecule has 2 heterocycles. The summed E-state index contributed by atoms with van der Waals surface area (Å²) in [5.74, 6) is 0.0686. The lowest BCUT2D eigenvalue weighted by Gasteiger charge is -2.36. The molecule has 1 aromatic heterocycles. The van der Waals surface area contributed by atoms with Gasteiger partial charge in [-0.2, -0.15) is 5.10 Å². The van der Waals surface area contributed by atoms with E-state index in [1.807, 2.05) is 35.2 Å². The summed E-state index contributed by atoms with van der Waals surface area (Å²) in [6, 6.07) is 21.7. The Labute approximate surface area is 182 Å². The molecule has 0 atom stereocenters. The zero-order chi connectivity index (χ0) is 21.6. The van der Waals surface area contributed by atoms with Gasteiger partial charge in [0.2, 0.25) is 5.91 Å². The van der Waals surface area contributed by atoms with Gasteiger partial charge in [0.25, 0.3) is 5.56 Å². The van der Waals surface area contributed by atoms with Crippen molar-refractivity contribution in [2.45, 2.75) is 26.3 Å². The van der Waals surface area contributed by atoms with Gasteiger partial charge in [0.05, 0.1) is 12.2 Å². The van der Waals surface area contributed by atoms with Gasteiger partial charge in [0.15, 0.2) is 0 Å². The van der Waals surface area contributed by atoms with Crippen LogP contribution in [0.1, 0.15) is 18.9 Å². The number of hydrogen-bond acceptors (Lipinski definition) is 4. The lowest BCUT2D eigenvalue weighted by atomic mass is 10.1. The standard InChI is InChI=1S/C25H28N4O2/c1-2-20-8-10-21(11-9-20)23-12-13-25(31)29(26-23)15-14-24(30)28-18-16-27(17-19-28)22-6-4-3-5-7-22/h3-13H,2,14-19H2,1H3. The first-order valence-corrected chi connectivity index (χ1v) is 10.9. The topological polar surface area (TPSA) is 58.4 Å². The second kappa shape index (κ2) is 9.60. The number of hydrogen-bond donors (Lipinski definition) is 0. The van der Waals surface area contributed by atoms with E-state index in [1.165, 1.54) is 22.0 Å². The van der Waals surface area contributed by atoms with Crippen molar-refractivity contribution in [3.63, 3.8) is 0 Å². The summed E-state index contributed by atoms with van der Waals surface area (Å²) < 4.78 is 1.40. The van der Waals surface area contributed by atoms with Gasteiger partial charge in [-0.3, -0.25) is 9.59 Å². The van der Waals surface area contributed by atoms with E-state index in [1.54, 1.807) is 6.07 Å². The largest absolute Gasteiger partial charge is 0.368 e. The van der Waals surface area contributed by atoms with Crippen LogP contribution in [0.3, 0.4) is 0 Å². The van der Waals surface area contributed by atoms with Crippen LogP contribution < -0.4 is 10.5 Å². The number of aryl methyl sites for hydroxylation is 2. The summed E-state index contributed by atoms with van der Waals surface area (Å²) in [7, 11) is 0. The average Bonchev–Trinajstić information content (AvgIpc) is 2.84. The zero-order valence-electron chi connectivity index (χ0n) is 17.9. The SMILES string of the molecule is CCc1ccc(-c2ccc(=O)n(CCC(=O)N3CCN(c4ccccc4)CC3)n2)cc1. The number of aromatic nitrogens is 2. The maximum absolute atomic E-state index is 12.7. The Bertz CT molecular complexity index is 1070. The minimum absolute atomic E-state index is 0.0686. The summed E-state index contributed by atoms with van der Waals surface area (Å²) in [5, 5.41) is 4.49. The van der Waals surface area contributed by atoms with Crippen LogP contribution in [-0.2, 0) is 17.8 Å². The monoisotopic (exact) mass is 416 g/mol.